The Morgan fingerprint density at radius 3 is 1.92 bits per heavy atom. The van der Waals surface area contributed by atoms with Crippen LogP contribution in [0.3, 0.4) is 0 Å². The summed E-state index contributed by atoms with van der Waals surface area (Å²) in [5, 5.41) is 2.25. The van der Waals surface area contributed by atoms with E-state index in [1.54, 1.807) is 0 Å². The number of aromatic nitrogens is 2. The van der Waals surface area contributed by atoms with Crippen LogP contribution >= 0.6 is 0 Å². The molecular weight excluding hydrogens is 916 g/mol. The number of hydrogen-bond donors (Lipinski definition) is 0. The number of anilines is 2. The largest absolute Gasteiger partial charge is 0.509 e. The number of rotatable bonds is 6. The van der Waals surface area contributed by atoms with Crippen LogP contribution in [-0.4, -0.2) is 9.55 Å². The molecule has 0 radical (unpaired) electrons. The quantitative estimate of drug-likeness (QED) is 0.156. The van der Waals surface area contributed by atoms with Crippen LogP contribution in [0.5, 0.6) is 11.5 Å². The molecule has 3 heterocycles. The van der Waals surface area contributed by atoms with Gasteiger partial charge in [0.15, 0.2) is 0 Å². The van der Waals surface area contributed by atoms with Crippen LogP contribution in [0.2, 0.25) is 0 Å². The third kappa shape index (κ3) is 8.57. The van der Waals surface area contributed by atoms with Crippen LogP contribution < -0.4 is 14.5 Å². The van der Waals surface area contributed by atoms with E-state index in [1.165, 1.54) is 28.0 Å². The number of hydrogen-bond acceptors (Lipinski definition) is 4. The molecule has 0 fully saturated rings. The molecule has 6 heteroatoms. The first-order chi connectivity index (χ1) is 27.7. The molecule has 0 amide bonds. The average molecular weight is 973 g/mol. The van der Waals surface area contributed by atoms with Crippen molar-refractivity contribution in [3.8, 4) is 28.4 Å². The summed E-state index contributed by atoms with van der Waals surface area (Å²) in [6.07, 6.45) is 4.16. The minimum Gasteiger partial charge on any atom is -0.509 e. The van der Waals surface area contributed by atoms with Crippen LogP contribution in [0, 0.1) is 24.2 Å². The molecule has 8 rings (SSSR count). The molecule has 1 aliphatic rings. The summed E-state index contributed by atoms with van der Waals surface area (Å²) >= 11 is 0. The van der Waals surface area contributed by atoms with Crippen LogP contribution in [-0.2, 0) is 37.3 Å². The third-order valence-corrected chi connectivity index (χ3v) is 11.3. The second kappa shape index (κ2) is 15.7. The van der Waals surface area contributed by atoms with Gasteiger partial charge in [-0.1, -0.05) is 143 Å². The van der Waals surface area contributed by atoms with E-state index in [-0.39, 0.29) is 42.7 Å². The Hall–Kier alpha value is -5.12. The topological polar surface area (TPSA) is 33.5 Å². The first-order valence-electron chi connectivity index (χ1n) is 20.8. The Morgan fingerprint density at radius 2 is 1.23 bits per heavy atom. The molecule has 0 aliphatic carbocycles. The zero-order valence-corrected chi connectivity index (χ0v) is 39.4. The van der Waals surface area contributed by atoms with Gasteiger partial charge in [-0.3, -0.25) is 0 Å². The van der Waals surface area contributed by atoms with E-state index in [9.17, 15) is 0 Å². The maximum Gasteiger partial charge on any atom is 0.135 e. The first-order valence-corrected chi connectivity index (χ1v) is 20.8. The molecule has 312 valence electrons. The van der Waals surface area contributed by atoms with Gasteiger partial charge in [-0.2, -0.15) is 6.07 Å². The number of ether oxygens (including phenoxy) is 1. The molecule has 2 aromatic heterocycles. The van der Waals surface area contributed by atoms with Crippen LogP contribution in [0.4, 0.5) is 11.4 Å². The van der Waals surface area contributed by atoms with Crippen LogP contribution in [0.1, 0.15) is 99.8 Å². The van der Waals surface area contributed by atoms with Crippen molar-refractivity contribution in [1.82, 2.24) is 9.55 Å². The van der Waals surface area contributed by atoms with Crippen molar-refractivity contribution in [1.29, 1.82) is 0 Å². The second-order valence-corrected chi connectivity index (χ2v) is 20.1. The van der Waals surface area contributed by atoms with Crippen LogP contribution in [0.15, 0.2) is 127 Å². The standard InChI is InChI=1S/C54H57N4O.Pt/c1-51(2,3)38-24-25-55-50(31-38)58-47-21-17-16-20-45(47)46-23-22-43(33-48(46)58)59-44-30-40(53(7,8)9)28-41(32-44)56-34-49(54(10,11)12)57(35-56)42-27-37(36-18-14-13-15-19-36)26-39(29-42)52(4,5)6;/h13-31,34-35H,1-12H3;/q-3;. The maximum absolute atomic E-state index is 6.79. The number of nitrogens with zero attached hydrogens (tertiary/aromatic N) is 4. The number of pyridine rings is 1. The normalized spacial score (nSPS) is 13.8. The van der Waals surface area contributed by atoms with Crippen molar-refractivity contribution in [3.05, 3.63) is 163 Å². The molecule has 0 saturated heterocycles. The minimum atomic E-state index is -0.152. The zero-order valence-electron chi connectivity index (χ0n) is 37.1. The van der Waals surface area contributed by atoms with Gasteiger partial charge in [0.1, 0.15) is 5.82 Å². The van der Waals surface area contributed by atoms with E-state index in [2.05, 4.69) is 226 Å². The zero-order chi connectivity index (χ0) is 42.1. The summed E-state index contributed by atoms with van der Waals surface area (Å²) in [5.41, 5.74) is 10.9. The molecule has 0 spiro atoms. The molecular formula is C54H57N4OPt-3. The van der Waals surface area contributed by atoms with Gasteiger partial charge < -0.3 is 19.1 Å². The third-order valence-electron chi connectivity index (χ3n) is 11.3. The Bertz CT molecular complexity index is 2720. The Balaban J connectivity index is 0.00000544. The van der Waals surface area contributed by atoms with Crippen molar-refractivity contribution >= 4 is 33.2 Å². The molecule has 1 aliphatic heterocycles. The molecule has 0 unspecified atom stereocenters. The van der Waals surface area contributed by atoms with Crippen molar-refractivity contribution in [3.63, 3.8) is 0 Å². The predicted octanol–water partition coefficient (Wildman–Crippen LogP) is 14.5. The van der Waals surface area contributed by atoms with Gasteiger partial charge in [0.25, 0.3) is 0 Å². The van der Waals surface area contributed by atoms with Gasteiger partial charge in [0, 0.05) is 61.1 Å². The first kappa shape index (κ1) is 43.0. The van der Waals surface area contributed by atoms with Gasteiger partial charge in [-0.25, -0.2) is 4.98 Å². The van der Waals surface area contributed by atoms with Crippen molar-refractivity contribution < 1.29 is 25.8 Å². The molecule has 0 bridgehead atoms. The number of benzene rings is 5. The summed E-state index contributed by atoms with van der Waals surface area (Å²) in [5.74, 6) is 2.12. The number of fused-ring (bicyclic) bond motifs is 3. The van der Waals surface area contributed by atoms with Crippen molar-refractivity contribution in [2.75, 3.05) is 9.80 Å². The molecule has 0 N–H and O–H groups in total. The monoisotopic (exact) mass is 972 g/mol. The fraction of sp³-hybridized carbons (Fsp3) is 0.296. The molecule has 5 aromatic carbocycles. The Labute approximate surface area is 372 Å². The Morgan fingerprint density at radius 1 is 0.567 bits per heavy atom. The van der Waals surface area contributed by atoms with Crippen molar-refractivity contribution in [2.45, 2.75) is 99.3 Å². The Kier molecular flexibility index (Phi) is 11.3. The van der Waals surface area contributed by atoms with E-state index in [0.29, 0.717) is 11.5 Å². The molecule has 0 saturated carbocycles. The summed E-state index contributed by atoms with van der Waals surface area (Å²) < 4.78 is 9.00. The molecule has 7 aromatic rings. The number of allylic oxidation sites excluding steroid dienone is 1. The number of para-hydroxylation sites is 1. The predicted molar refractivity (Wildman–Crippen MR) is 248 cm³/mol. The summed E-state index contributed by atoms with van der Waals surface area (Å²) in [7, 11) is 0. The van der Waals surface area contributed by atoms with E-state index < -0.39 is 0 Å². The van der Waals surface area contributed by atoms with Crippen molar-refractivity contribution in [2.24, 2.45) is 5.41 Å². The molecule has 60 heavy (non-hydrogen) atoms. The van der Waals surface area contributed by atoms with Gasteiger partial charge in [-0.15, -0.1) is 53.6 Å². The van der Waals surface area contributed by atoms with Crippen LogP contribution in [0.25, 0.3) is 38.8 Å². The fourth-order valence-electron chi connectivity index (χ4n) is 7.74. The van der Waals surface area contributed by atoms with E-state index >= 15 is 0 Å². The minimum absolute atomic E-state index is 0. The van der Waals surface area contributed by atoms with E-state index in [4.69, 9.17) is 9.72 Å². The SMILES string of the molecule is CC(C)(C)C1=CN(c2[c-]c(Oc3[c-]c4c(cc3)c3ccccc3n4-c3cc(C(C)(C)C)ccn3)cc(C(C)(C)C)c2)[CH-]N1c1cc(-c2ccccc2)cc(C(C)(C)C)c1.[Pt]. The fourth-order valence-corrected chi connectivity index (χ4v) is 7.74. The summed E-state index contributed by atoms with van der Waals surface area (Å²) in [6.45, 7) is 29.3. The van der Waals surface area contributed by atoms with E-state index in [0.717, 1.165) is 44.6 Å². The average Bonchev–Trinajstić information content (AvgIpc) is 3.78. The van der Waals surface area contributed by atoms with Gasteiger partial charge in [0.05, 0.1) is 0 Å². The van der Waals surface area contributed by atoms with Gasteiger partial charge in [0.2, 0.25) is 0 Å². The van der Waals surface area contributed by atoms with Gasteiger partial charge >= 0.3 is 0 Å². The summed E-state index contributed by atoms with van der Waals surface area (Å²) in [6, 6.07) is 46.3. The summed E-state index contributed by atoms with van der Waals surface area (Å²) in [4.78, 5) is 9.42. The van der Waals surface area contributed by atoms with Gasteiger partial charge in [-0.05, 0) is 80.4 Å². The molecule has 0 atom stereocenters. The smallest absolute Gasteiger partial charge is 0.135 e. The van der Waals surface area contributed by atoms with E-state index in [1.807, 2.05) is 12.3 Å². The second-order valence-electron chi connectivity index (χ2n) is 20.1. The molecule has 5 nitrogen and oxygen atoms in total. The maximum atomic E-state index is 6.79.